The highest BCUT2D eigenvalue weighted by Gasteiger charge is 2.14. The summed E-state index contributed by atoms with van der Waals surface area (Å²) in [5, 5.41) is 6.66. The van der Waals surface area contributed by atoms with Crippen LogP contribution in [0.25, 0.3) is 0 Å². The van der Waals surface area contributed by atoms with E-state index in [1.165, 1.54) is 0 Å². The molecule has 0 aromatic rings. The molecule has 0 spiro atoms. The molecule has 0 saturated carbocycles. The van der Waals surface area contributed by atoms with E-state index in [2.05, 4.69) is 55.1 Å². The normalized spacial score (nSPS) is 20.5. The van der Waals surface area contributed by atoms with Crippen molar-refractivity contribution in [2.45, 2.75) is 52.7 Å². The highest BCUT2D eigenvalue weighted by molar-refractivity contribution is 5.81. The largest absolute Gasteiger partial charge is 0.355 e. The monoisotopic (exact) mass is 226 g/mol. The molecule has 1 rings (SSSR count). The van der Waals surface area contributed by atoms with E-state index >= 15 is 0 Å². The number of nitrogens with one attached hydrogen (secondary N) is 2. The maximum Gasteiger partial charge on any atom is 0.191 e. The Morgan fingerprint density at radius 1 is 1.38 bits per heavy atom. The third kappa shape index (κ3) is 4.00. The van der Waals surface area contributed by atoms with E-state index in [1.54, 1.807) is 0 Å². The van der Waals surface area contributed by atoms with Crippen molar-refractivity contribution in [3.8, 4) is 0 Å². The van der Waals surface area contributed by atoms with Gasteiger partial charge < -0.3 is 10.6 Å². The first kappa shape index (κ1) is 13.3. The Morgan fingerprint density at radius 2 is 2.00 bits per heavy atom. The third-order valence-electron chi connectivity index (χ3n) is 2.90. The van der Waals surface area contributed by atoms with Gasteiger partial charge in [-0.25, -0.2) is 0 Å². The van der Waals surface area contributed by atoms with E-state index in [1.807, 2.05) is 0 Å². The molecule has 0 saturated heterocycles. The average Bonchev–Trinajstić information content (AvgIpc) is 2.57. The minimum atomic E-state index is 0.480. The molecule has 1 heterocycles. The second-order valence-corrected chi connectivity index (χ2v) is 5.09. The second-order valence-electron chi connectivity index (χ2n) is 5.09. The van der Waals surface area contributed by atoms with Gasteiger partial charge in [0.15, 0.2) is 5.96 Å². The molecule has 1 atom stereocenters. The van der Waals surface area contributed by atoms with Gasteiger partial charge in [0.25, 0.3) is 0 Å². The highest BCUT2D eigenvalue weighted by atomic mass is 15.3. The first-order chi connectivity index (χ1) is 7.50. The van der Waals surface area contributed by atoms with Crippen molar-refractivity contribution in [1.82, 2.24) is 15.5 Å². The molecule has 0 bridgehead atoms. The predicted molar refractivity (Wildman–Crippen MR) is 69.9 cm³/mol. The van der Waals surface area contributed by atoms with E-state index in [-0.39, 0.29) is 0 Å². The zero-order valence-electron chi connectivity index (χ0n) is 11.2. The topological polar surface area (TPSA) is 39.7 Å². The van der Waals surface area contributed by atoms with Crippen molar-refractivity contribution in [1.29, 1.82) is 0 Å². The molecular weight excluding hydrogens is 200 g/mol. The fourth-order valence-corrected chi connectivity index (χ4v) is 2.08. The number of guanidine groups is 1. The molecule has 0 fully saturated rings. The summed E-state index contributed by atoms with van der Waals surface area (Å²) in [6.07, 6.45) is 0. The van der Waals surface area contributed by atoms with Crippen LogP contribution < -0.4 is 10.6 Å². The van der Waals surface area contributed by atoms with E-state index in [0.717, 1.165) is 25.6 Å². The van der Waals surface area contributed by atoms with Crippen LogP contribution in [0, 0.1) is 0 Å². The van der Waals surface area contributed by atoms with Crippen LogP contribution in [0.15, 0.2) is 4.99 Å². The Kier molecular flexibility index (Phi) is 5.06. The van der Waals surface area contributed by atoms with Gasteiger partial charge in [-0.05, 0) is 34.6 Å². The fraction of sp³-hybridized carbons (Fsp3) is 0.917. The van der Waals surface area contributed by atoms with E-state index in [4.69, 9.17) is 0 Å². The van der Waals surface area contributed by atoms with Gasteiger partial charge in [-0.1, -0.05) is 0 Å². The Morgan fingerprint density at radius 3 is 2.44 bits per heavy atom. The third-order valence-corrected chi connectivity index (χ3v) is 2.90. The molecule has 1 aliphatic heterocycles. The maximum absolute atomic E-state index is 4.38. The van der Waals surface area contributed by atoms with Gasteiger partial charge >= 0.3 is 0 Å². The van der Waals surface area contributed by atoms with Gasteiger partial charge in [0, 0.05) is 31.2 Å². The average molecular weight is 226 g/mol. The summed E-state index contributed by atoms with van der Waals surface area (Å²) in [5.41, 5.74) is 0. The van der Waals surface area contributed by atoms with Crippen LogP contribution in [-0.2, 0) is 0 Å². The number of hydrogen-bond donors (Lipinski definition) is 2. The standard InChI is InChI=1S/C12H26N4/c1-9(2)16(10(3)4)7-6-13-12-14-8-11(5)15-12/h9-11H,6-8H2,1-5H3,(H2,13,14,15). The molecule has 2 N–H and O–H groups in total. The molecule has 0 aromatic heterocycles. The molecule has 0 amide bonds. The lowest BCUT2D eigenvalue weighted by atomic mass is 10.2. The molecular formula is C12H26N4. The summed E-state index contributed by atoms with van der Waals surface area (Å²) >= 11 is 0. The second kappa shape index (κ2) is 6.09. The van der Waals surface area contributed by atoms with Gasteiger partial charge in [0.2, 0.25) is 0 Å². The minimum Gasteiger partial charge on any atom is -0.355 e. The van der Waals surface area contributed by atoms with Gasteiger partial charge in [0.1, 0.15) is 0 Å². The molecule has 1 unspecified atom stereocenters. The number of hydrogen-bond acceptors (Lipinski definition) is 4. The summed E-state index contributed by atoms with van der Waals surface area (Å²) in [6, 6.07) is 1.67. The zero-order valence-corrected chi connectivity index (χ0v) is 11.2. The van der Waals surface area contributed by atoms with Crippen LogP contribution in [-0.4, -0.2) is 48.6 Å². The Hall–Kier alpha value is -0.770. The SMILES string of the molecule is CC1CN=C(NCCN(C(C)C)C(C)C)N1. The molecule has 0 aliphatic carbocycles. The van der Waals surface area contributed by atoms with Crippen LogP contribution in [0.2, 0.25) is 0 Å². The van der Waals surface area contributed by atoms with Crippen LogP contribution in [0.5, 0.6) is 0 Å². The van der Waals surface area contributed by atoms with Crippen molar-refractivity contribution in [3.05, 3.63) is 0 Å². The molecule has 94 valence electrons. The summed E-state index contributed by atoms with van der Waals surface area (Å²) < 4.78 is 0. The van der Waals surface area contributed by atoms with Crippen LogP contribution in [0.4, 0.5) is 0 Å². The summed E-state index contributed by atoms with van der Waals surface area (Å²) in [6.45, 7) is 14.0. The lowest BCUT2D eigenvalue weighted by Crippen LogP contribution is -2.45. The van der Waals surface area contributed by atoms with Crippen LogP contribution in [0.3, 0.4) is 0 Å². The lowest BCUT2D eigenvalue weighted by molar-refractivity contribution is 0.178. The first-order valence-corrected chi connectivity index (χ1v) is 6.31. The molecule has 4 nitrogen and oxygen atoms in total. The quantitative estimate of drug-likeness (QED) is 0.736. The first-order valence-electron chi connectivity index (χ1n) is 6.31. The summed E-state index contributed by atoms with van der Waals surface area (Å²) in [5.74, 6) is 0.958. The summed E-state index contributed by atoms with van der Waals surface area (Å²) in [4.78, 5) is 6.86. The predicted octanol–water partition coefficient (Wildman–Crippen LogP) is 1.04. The smallest absolute Gasteiger partial charge is 0.191 e. The molecule has 0 radical (unpaired) electrons. The van der Waals surface area contributed by atoms with Gasteiger partial charge in [-0.2, -0.15) is 0 Å². The van der Waals surface area contributed by atoms with E-state index in [9.17, 15) is 0 Å². The minimum absolute atomic E-state index is 0.480. The number of nitrogens with zero attached hydrogens (tertiary/aromatic N) is 2. The maximum atomic E-state index is 4.38. The van der Waals surface area contributed by atoms with Crippen molar-refractivity contribution >= 4 is 5.96 Å². The van der Waals surface area contributed by atoms with Crippen molar-refractivity contribution in [3.63, 3.8) is 0 Å². The van der Waals surface area contributed by atoms with Crippen LogP contribution in [0.1, 0.15) is 34.6 Å². The summed E-state index contributed by atoms with van der Waals surface area (Å²) in [7, 11) is 0. The van der Waals surface area contributed by atoms with Crippen molar-refractivity contribution < 1.29 is 0 Å². The lowest BCUT2D eigenvalue weighted by Gasteiger charge is -2.30. The molecule has 4 heteroatoms. The Labute approximate surface area is 99.5 Å². The van der Waals surface area contributed by atoms with Gasteiger partial charge in [-0.15, -0.1) is 0 Å². The van der Waals surface area contributed by atoms with E-state index < -0.39 is 0 Å². The Bertz CT molecular complexity index is 227. The number of rotatable bonds is 5. The van der Waals surface area contributed by atoms with Crippen molar-refractivity contribution in [2.75, 3.05) is 19.6 Å². The molecule has 1 aliphatic rings. The van der Waals surface area contributed by atoms with E-state index in [0.29, 0.717) is 18.1 Å². The fourth-order valence-electron chi connectivity index (χ4n) is 2.08. The Balaban J connectivity index is 2.23. The van der Waals surface area contributed by atoms with Crippen LogP contribution >= 0.6 is 0 Å². The van der Waals surface area contributed by atoms with Gasteiger partial charge in [0.05, 0.1) is 6.54 Å². The zero-order chi connectivity index (χ0) is 12.1. The highest BCUT2D eigenvalue weighted by Crippen LogP contribution is 2.03. The molecule has 16 heavy (non-hydrogen) atoms. The molecule has 0 aromatic carbocycles. The van der Waals surface area contributed by atoms with Crippen molar-refractivity contribution in [2.24, 2.45) is 4.99 Å². The van der Waals surface area contributed by atoms with Gasteiger partial charge in [-0.3, -0.25) is 9.89 Å². The number of aliphatic imine (C=N–C) groups is 1.